The number of benzene rings is 1. The predicted octanol–water partition coefficient (Wildman–Crippen LogP) is 3.54. The lowest BCUT2D eigenvalue weighted by molar-refractivity contribution is 0.606. The second kappa shape index (κ2) is 6.29. The van der Waals surface area contributed by atoms with E-state index in [-0.39, 0.29) is 17.7 Å². The molecular formula is C14H15BrFN3O2S. The highest BCUT2D eigenvalue weighted by atomic mass is 79.9. The molecule has 0 bridgehead atoms. The lowest BCUT2D eigenvalue weighted by Gasteiger charge is -2.14. The molecule has 1 aromatic carbocycles. The first-order valence-electron chi connectivity index (χ1n) is 6.48. The summed E-state index contributed by atoms with van der Waals surface area (Å²) in [6.07, 6.45) is 1.03. The van der Waals surface area contributed by atoms with E-state index in [1.165, 1.54) is 12.1 Å². The van der Waals surface area contributed by atoms with E-state index < -0.39 is 10.0 Å². The molecule has 0 radical (unpaired) electrons. The molecule has 2 rings (SSSR count). The summed E-state index contributed by atoms with van der Waals surface area (Å²) in [4.78, 5) is 8.47. The minimum atomic E-state index is -3.49. The van der Waals surface area contributed by atoms with Crippen LogP contribution in [-0.4, -0.2) is 24.6 Å². The van der Waals surface area contributed by atoms with Gasteiger partial charge in [0.15, 0.2) is 0 Å². The van der Waals surface area contributed by atoms with Gasteiger partial charge >= 0.3 is 0 Å². The van der Waals surface area contributed by atoms with Crippen molar-refractivity contribution in [2.24, 2.45) is 0 Å². The van der Waals surface area contributed by atoms with Gasteiger partial charge in [-0.25, -0.2) is 22.8 Å². The molecule has 0 aliphatic heterocycles. The van der Waals surface area contributed by atoms with E-state index in [0.29, 0.717) is 21.4 Å². The van der Waals surface area contributed by atoms with Gasteiger partial charge in [0.1, 0.15) is 5.82 Å². The fourth-order valence-electron chi connectivity index (χ4n) is 1.86. The Labute approximate surface area is 137 Å². The first-order valence-corrected chi connectivity index (χ1v) is 9.17. The van der Waals surface area contributed by atoms with E-state index in [4.69, 9.17) is 0 Å². The van der Waals surface area contributed by atoms with Gasteiger partial charge in [0.05, 0.1) is 22.1 Å². The maximum absolute atomic E-state index is 13.1. The molecule has 22 heavy (non-hydrogen) atoms. The van der Waals surface area contributed by atoms with Crippen LogP contribution in [0.5, 0.6) is 0 Å². The Morgan fingerprint density at radius 1 is 1.18 bits per heavy atom. The van der Waals surface area contributed by atoms with E-state index in [9.17, 15) is 12.8 Å². The highest BCUT2D eigenvalue weighted by Crippen LogP contribution is 2.33. The van der Waals surface area contributed by atoms with Gasteiger partial charge in [0.25, 0.3) is 0 Å². The van der Waals surface area contributed by atoms with Crippen LogP contribution in [0.15, 0.2) is 28.7 Å². The third kappa shape index (κ3) is 4.01. The third-order valence-corrected chi connectivity index (χ3v) is 4.15. The summed E-state index contributed by atoms with van der Waals surface area (Å²) >= 11 is 3.45. The largest absolute Gasteiger partial charge is 0.251 e. The van der Waals surface area contributed by atoms with E-state index in [0.717, 1.165) is 6.26 Å². The molecule has 1 aromatic heterocycles. The van der Waals surface area contributed by atoms with Crippen LogP contribution in [-0.2, 0) is 10.0 Å². The van der Waals surface area contributed by atoms with Crippen LogP contribution in [0.1, 0.15) is 25.5 Å². The van der Waals surface area contributed by atoms with E-state index in [1.54, 1.807) is 12.1 Å². The lowest BCUT2D eigenvalue weighted by Crippen LogP contribution is -2.14. The lowest BCUT2D eigenvalue weighted by atomic mass is 10.1. The number of anilines is 1. The van der Waals surface area contributed by atoms with Gasteiger partial charge in [-0.15, -0.1) is 0 Å². The summed E-state index contributed by atoms with van der Waals surface area (Å²) in [6.45, 7) is 3.87. The first-order chi connectivity index (χ1) is 10.2. The third-order valence-electron chi connectivity index (χ3n) is 2.82. The van der Waals surface area contributed by atoms with Crippen molar-refractivity contribution >= 4 is 31.9 Å². The highest BCUT2D eigenvalue weighted by molar-refractivity contribution is 9.10. The summed E-state index contributed by atoms with van der Waals surface area (Å²) in [5, 5.41) is 0. The molecule has 2 aromatic rings. The zero-order valence-corrected chi connectivity index (χ0v) is 14.7. The number of aromatic nitrogens is 2. The van der Waals surface area contributed by atoms with Gasteiger partial charge in [-0.3, -0.25) is 4.72 Å². The molecular weight excluding hydrogens is 373 g/mol. The van der Waals surface area contributed by atoms with Crippen molar-refractivity contribution in [3.63, 3.8) is 0 Å². The number of rotatable bonds is 4. The first kappa shape index (κ1) is 16.8. The monoisotopic (exact) mass is 387 g/mol. The molecule has 0 saturated carbocycles. The average molecular weight is 388 g/mol. The van der Waals surface area contributed by atoms with Crippen LogP contribution in [0.4, 0.5) is 10.3 Å². The van der Waals surface area contributed by atoms with Crippen molar-refractivity contribution in [3.05, 3.63) is 40.2 Å². The summed E-state index contributed by atoms with van der Waals surface area (Å²) in [7, 11) is -3.49. The molecule has 0 amide bonds. The number of hydrogen-bond acceptors (Lipinski definition) is 4. The van der Waals surface area contributed by atoms with E-state index in [1.807, 2.05) is 13.8 Å². The zero-order chi connectivity index (χ0) is 16.5. The smallest absolute Gasteiger partial charge is 0.237 e. The minimum absolute atomic E-state index is 0.00581. The van der Waals surface area contributed by atoms with Crippen LogP contribution in [0.25, 0.3) is 11.3 Å². The molecule has 0 unspecified atom stereocenters. The number of sulfonamides is 1. The van der Waals surface area contributed by atoms with Crippen LogP contribution in [0, 0.1) is 5.82 Å². The van der Waals surface area contributed by atoms with Gasteiger partial charge in [-0.1, -0.05) is 13.8 Å². The molecule has 118 valence electrons. The average Bonchev–Trinajstić information content (AvgIpc) is 2.39. The quantitative estimate of drug-likeness (QED) is 0.870. The summed E-state index contributed by atoms with van der Waals surface area (Å²) in [5.74, 6) is -0.307. The van der Waals surface area contributed by atoms with E-state index in [2.05, 4.69) is 30.6 Å². The van der Waals surface area contributed by atoms with Gasteiger partial charge in [-0.2, -0.15) is 0 Å². The maximum Gasteiger partial charge on any atom is 0.237 e. The van der Waals surface area contributed by atoms with Crippen LogP contribution >= 0.6 is 15.9 Å². The van der Waals surface area contributed by atoms with Crippen molar-refractivity contribution in [2.75, 3.05) is 11.0 Å². The van der Waals surface area contributed by atoms with Gasteiger partial charge < -0.3 is 0 Å². The molecule has 0 spiro atoms. The Morgan fingerprint density at radius 3 is 2.27 bits per heavy atom. The standard InChI is InChI=1S/C14H15BrFN3O2S/c1-8(2)12-11(15)13(9-4-6-10(16)7-5-9)18-14(17-12)19-22(3,20)21/h4-8H,1-3H3,(H,17,18,19). The predicted molar refractivity (Wildman–Crippen MR) is 87.7 cm³/mol. The zero-order valence-electron chi connectivity index (χ0n) is 12.3. The van der Waals surface area contributed by atoms with Crippen molar-refractivity contribution in [2.45, 2.75) is 19.8 Å². The second-order valence-electron chi connectivity index (χ2n) is 5.13. The van der Waals surface area contributed by atoms with Gasteiger partial charge in [0.2, 0.25) is 16.0 Å². The summed E-state index contributed by atoms with van der Waals surface area (Å²) < 4.78 is 38.8. The van der Waals surface area contributed by atoms with Crippen LogP contribution in [0.2, 0.25) is 0 Å². The molecule has 0 saturated heterocycles. The van der Waals surface area contributed by atoms with Gasteiger partial charge in [-0.05, 0) is 46.1 Å². The molecule has 0 aliphatic carbocycles. The molecule has 0 atom stereocenters. The van der Waals surface area contributed by atoms with Crippen molar-refractivity contribution < 1.29 is 12.8 Å². The summed E-state index contributed by atoms with van der Waals surface area (Å²) in [5.41, 5.74) is 1.83. The van der Waals surface area contributed by atoms with Crippen molar-refractivity contribution in [3.8, 4) is 11.3 Å². The van der Waals surface area contributed by atoms with Gasteiger partial charge in [0, 0.05) is 5.56 Å². The number of hydrogen-bond donors (Lipinski definition) is 1. The molecule has 0 fully saturated rings. The SMILES string of the molecule is CC(C)c1nc(NS(C)(=O)=O)nc(-c2ccc(F)cc2)c1Br. The Hall–Kier alpha value is -1.54. The Bertz CT molecular complexity index is 792. The number of nitrogens with one attached hydrogen (secondary N) is 1. The fourth-order valence-corrected chi connectivity index (χ4v) is 3.14. The van der Waals surface area contributed by atoms with E-state index >= 15 is 0 Å². The Kier molecular flexibility index (Phi) is 4.81. The Balaban J connectivity index is 2.63. The molecule has 1 heterocycles. The number of nitrogens with zero attached hydrogens (tertiary/aromatic N) is 2. The normalized spacial score (nSPS) is 11.7. The molecule has 1 N–H and O–H groups in total. The maximum atomic E-state index is 13.1. The second-order valence-corrected chi connectivity index (χ2v) is 7.67. The number of halogens is 2. The highest BCUT2D eigenvalue weighted by Gasteiger charge is 2.17. The van der Waals surface area contributed by atoms with Crippen molar-refractivity contribution in [1.82, 2.24) is 9.97 Å². The molecule has 8 heteroatoms. The topological polar surface area (TPSA) is 72.0 Å². The molecule has 0 aliphatic rings. The summed E-state index contributed by atoms with van der Waals surface area (Å²) in [6, 6.07) is 5.80. The molecule has 5 nitrogen and oxygen atoms in total. The van der Waals surface area contributed by atoms with Crippen molar-refractivity contribution in [1.29, 1.82) is 0 Å². The fraction of sp³-hybridized carbons (Fsp3) is 0.286. The minimum Gasteiger partial charge on any atom is -0.251 e. The van der Waals surface area contributed by atoms with Crippen LogP contribution < -0.4 is 4.72 Å². The van der Waals surface area contributed by atoms with Crippen LogP contribution in [0.3, 0.4) is 0 Å². The Morgan fingerprint density at radius 2 is 1.77 bits per heavy atom.